The number of azide groups is 1. The number of ether oxygens (including phenoxy) is 1. The fraction of sp³-hybridized carbons (Fsp3) is 0.556. The molecular formula is C9H11FN6O4. The van der Waals surface area contributed by atoms with E-state index in [0.717, 1.165) is 6.20 Å². The molecule has 0 aromatic carbocycles. The monoisotopic (exact) mass is 286 g/mol. The van der Waals surface area contributed by atoms with Crippen molar-refractivity contribution >= 4 is 5.82 Å². The summed E-state index contributed by atoms with van der Waals surface area (Å²) in [5, 5.41) is 22.4. The van der Waals surface area contributed by atoms with Crippen molar-refractivity contribution < 1.29 is 19.3 Å². The first-order valence-corrected chi connectivity index (χ1v) is 5.52. The lowest BCUT2D eigenvalue weighted by molar-refractivity contribution is -0.0535. The maximum Gasteiger partial charge on any atom is 0.351 e. The highest BCUT2D eigenvalue weighted by Crippen LogP contribution is 2.30. The van der Waals surface area contributed by atoms with Crippen LogP contribution < -0.4 is 11.4 Å². The highest BCUT2D eigenvalue weighted by atomic mass is 19.1. The Morgan fingerprint density at radius 2 is 2.40 bits per heavy atom. The molecule has 2 heterocycles. The number of rotatable bonds is 3. The van der Waals surface area contributed by atoms with E-state index in [1.54, 1.807) is 0 Å². The first kappa shape index (κ1) is 14.2. The maximum absolute atomic E-state index is 13.3. The fourth-order valence-electron chi connectivity index (χ4n) is 1.95. The minimum atomic E-state index is -1.44. The summed E-state index contributed by atoms with van der Waals surface area (Å²) in [6.07, 6.45) is -3.06. The zero-order valence-electron chi connectivity index (χ0n) is 10.00. The van der Waals surface area contributed by atoms with Crippen LogP contribution in [0.2, 0.25) is 0 Å². The molecule has 1 aromatic heterocycles. The number of nitrogens with two attached hydrogens (primary N) is 1. The van der Waals surface area contributed by atoms with Gasteiger partial charge in [-0.25, -0.2) is 9.18 Å². The van der Waals surface area contributed by atoms with E-state index < -0.39 is 48.4 Å². The van der Waals surface area contributed by atoms with E-state index in [9.17, 15) is 14.3 Å². The van der Waals surface area contributed by atoms with Crippen LogP contribution in [-0.2, 0) is 4.74 Å². The molecule has 2 rings (SSSR count). The third-order valence-corrected chi connectivity index (χ3v) is 2.91. The van der Waals surface area contributed by atoms with Gasteiger partial charge in [-0.1, -0.05) is 5.11 Å². The summed E-state index contributed by atoms with van der Waals surface area (Å²) in [7, 11) is 0. The molecule has 4 atom stereocenters. The van der Waals surface area contributed by atoms with Gasteiger partial charge in [-0.2, -0.15) is 4.98 Å². The standard InChI is InChI=1S/C9H11FN6O4/c10-3-1-16(9(19)13-7(3)11)8-6(18)5(14-15-12)4(2-17)20-8/h1,4-6,8,17-18H,2H2,(H2,11,13,19)/t4-,5?,6+,8-/m1/s1. The predicted molar refractivity (Wildman–Crippen MR) is 62.8 cm³/mol. The maximum atomic E-state index is 13.3. The zero-order valence-corrected chi connectivity index (χ0v) is 10.00. The number of aliphatic hydroxyl groups is 2. The number of nitrogens with zero attached hydrogens (tertiary/aromatic N) is 5. The van der Waals surface area contributed by atoms with Crippen molar-refractivity contribution in [3.8, 4) is 0 Å². The zero-order chi connectivity index (χ0) is 14.9. The van der Waals surface area contributed by atoms with Crippen LogP contribution in [-0.4, -0.2) is 44.6 Å². The first-order valence-electron chi connectivity index (χ1n) is 5.52. The molecule has 108 valence electrons. The van der Waals surface area contributed by atoms with Gasteiger partial charge in [0, 0.05) is 4.91 Å². The van der Waals surface area contributed by atoms with Crippen LogP contribution in [0.5, 0.6) is 0 Å². The number of halogens is 1. The summed E-state index contributed by atoms with van der Waals surface area (Å²) in [6, 6.07) is -1.11. The molecule has 0 bridgehead atoms. The third-order valence-electron chi connectivity index (χ3n) is 2.91. The molecule has 1 aromatic rings. The molecule has 1 aliphatic rings. The SMILES string of the molecule is [N-]=[N+]=NC1[C@@H](CO)O[C@@H](n2cc(F)c(N)nc2=O)[C@H]1O. The van der Waals surface area contributed by atoms with E-state index in [0.29, 0.717) is 4.57 Å². The largest absolute Gasteiger partial charge is 0.394 e. The Labute approximate surface area is 110 Å². The predicted octanol–water partition coefficient (Wildman–Crippen LogP) is -1.11. The van der Waals surface area contributed by atoms with Crippen molar-refractivity contribution in [2.45, 2.75) is 24.5 Å². The van der Waals surface area contributed by atoms with E-state index in [-0.39, 0.29) is 0 Å². The number of anilines is 1. The van der Waals surface area contributed by atoms with Crippen molar-refractivity contribution in [3.05, 3.63) is 32.9 Å². The lowest BCUT2D eigenvalue weighted by Gasteiger charge is -2.17. The molecular weight excluding hydrogens is 275 g/mol. The van der Waals surface area contributed by atoms with Crippen molar-refractivity contribution in [1.29, 1.82) is 0 Å². The number of nitrogen functional groups attached to an aromatic ring is 1. The minimum absolute atomic E-state index is 0.545. The Kier molecular flexibility index (Phi) is 3.86. The average Bonchev–Trinajstić information content (AvgIpc) is 2.72. The van der Waals surface area contributed by atoms with Gasteiger partial charge in [-0.15, -0.1) is 0 Å². The number of aliphatic hydroxyl groups excluding tert-OH is 2. The number of hydrogen-bond acceptors (Lipinski definition) is 7. The molecule has 1 unspecified atom stereocenters. The summed E-state index contributed by atoms with van der Waals surface area (Å²) < 4.78 is 19.2. The van der Waals surface area contributed by atoms with Gasteiger partial charge in [0.2, 0.25) is 0 Å². The van der Waals surface area contributed by atoms with Gasteiger partial charge >= 0.3 is 5.69 Å². The Morgan fingerprint density at radius 1 is 1.70 bits per heavy atom. The molecule has 0 aliphatic carbocycles. The van der Waals surface area contributed by atoms with E-state index in [2.05, 4.69) is 15.0 Å². The molecule has 20 heavy (non-hydrogen) atoms. The van der Waals surface area contributed by atoms with Gasteiger partial charge in [-0.05, 0) is 5.53 Å². The molecule has 1 aliphatic heterocycles. The van der Waals surface area contributed by atoms with E-state index in [4.69, 9.17) is 21.1 Å². The molecule has 0 spiro atoms. The minimum Gasteiger partial charge on any atom is -0.394 e. The van der Waals surface area contributed by atoms with Gasteiger partial charge in [0.1, 0.15) is 6.10 Å². The summed E-state index contributed by atoms with van der Waals surface area (Å²) in [6.45, 7) is -0.545. The molecule has 11 heteroatoms. The lowest BCUT2D eigenvalue weighted by atomic mass is 10.1. The number of hydrogen-bond donors (Lipinski definition) is 3. The fourth-order valence-corrected chi connectivity index (χ4v) is 1.95. The summed E-state index contributed by atoms with van der Waals surface area (Å²) in [5.41, 5.74) is 12.6. The smallest absolute Gasteiger partial charge is 0.351 e. The molecule has 0 amide bonds. The second-order valence-electron chi connectivity index (χ2n) is 4.10. The second-order valence-corrected chi connectivity index (χ2v) is 4.10. The molecule has 10 nitrogen and oxygen atoms in total. The van der Waals surface area contributed by atoms with Crippen LogP contribution in [0.1, 0.15) is 6.23 Å². The summed E-state index contributed by atoms with van der Waals surface area (Å²) >= 11 is 0. The highest BCUT2D eigenvalue weighted by Gasteiger charge is 2.44. The molecule has 0 saturated carbocycles. The molecule has 1 fully saturated rings. The van der Waals surface area contributed by atoms with Gasteiger partial charge in [0.05, 0.1) is 24.9 Å². The summed E-state index contributed by atoms with van der Waals surface area (Å²) in [4.78, 5) is 17.4. The van der Waals surface area contributed by atoms with E-state index in [1.807, 2.05) is 0 Å². The third kappa shape index (κ3) is 2.30. The second kappa shape index (κ2) is 5.43. The first-order chi connectivity index (χ1) is 9.49. The van der Waals surface area contributed by atoms with Crippen LogP contribution in [0.15, 0.2) is 16.1 Å². The summed E-state index contributed by atoms with van der Waals surface area (Å²) in [5.74, 6) is -1.54. The van der Waals surface area contributed by atoms with Gasteiger partial charge < -0.3 is 20.7 Å². The van der Waals surface area contributed by atoms with Gasteiger partial charge in [0.15, 0.2) is 17.9 Å². The Morgan fingerprint density at radius 3 is 3.00 bits per heavy atom. The van der Waals surface area contributed by atoms with Crippen LogP contribution >= 0.6 is 0 Å². The Balaban J connectivity index is 2.41. The van der Waals surface area contributed by atoms with Crippen molar-refractivity contribution in [1.82, 2.24) is 9.55 Å². The molecule has 4 N–H and O–H groups in total. The van der Waals surface area contributed by atoms with Gasteiger partial charge in [-0.3, -0.25) is 4.57 Å². The molecule has 1 saturated heterocycles. The van der Waals surface area contributed by atoms with Crippen molar-refractivity contribution in [2.24, 2.45) is 5.11 Å². The molecule has 0 radical (unpaired) electrons. The Hall–Kier alpha value is -2.20. The average molecular weight is 286 g/mol. The topological polar surface area (TPSA) is 159 Å². The lowest BCUT2D eigenvalue weighted by Crippen LogP contribution is -2.35. The number of aromatic nitrogens is 2. The van der Waals surface area contributed by atoms with E-state index >= 15 is 0 Å². The van der Waals surface area contributed by atoms with Crippen LogP contribution in [0, 0.1) is 5.82 Å². The van der Waals surface area contributed by atoms with Crippen LogP contribution in [0.3, 0.4) is 0 Å². The van der Waals surface area contributed by atoms with Crippen LogP contribution in [0.25, 0.3) is 10.4 Å². The Bertz CT molecular complexity index is 615. The normalized spacial score (nSPS) is 29.1. The van der Waals surface area contributed by atoms with Crippen LogP contribution in [0.4, 0.5) is 10.2 Å². The van der Waals surface area contributed by atoms with Gasteiger partial charge in [0.25, 0.3) is 0 Å². The van der Waals surface area contributed by atoms with Crippen molar-refractivity contribution in [2.75, 3.05) is 12.3 Å². The van der Waals surface area contributed by atoms with Crippen molar-refractivity contribution in [3.63, 3.8) is 0 Å². The van der Waals surface area contributed by atoms with E-state index in [1.165, 1.54) is 0 Å². The highest BCUT2D eigenvalue weighted by molar-refractivity contribution is 5.26. The quantitative estimate of drug-likeness (QED) is 0.363.